The van der Waals surface area contributed by atoms with Crippen LogP contribution in [0.15, 0.2) is 24.3 Å². The van der Waals surface area contributed by atoms with Crippen LogP contribution in [0.4, 0.5) is 0 Å². The lowest BCUT2D eigenvalue weighted by atomic mass is 9.98. The maximum Gasteiger partial charge on any atom is 0.254 e. The van der Waals surface area contributed by atoms with Crippen LogP contribution in [0.5, 0.6) is 5.75 Å². The molecule has 2 heterocycles. The van der Waals surface area contributed by atoms with E-state index in [2.05, 4.69) is 0 Å². The molecule has 2 saturated heterocycles. The summed E-state index contributed by atoms with van der Waals surface area (Å²) in [4.78, 5) is 14.4. The Kier molecular flexibility index (Phi) is 4.60. The van der Waals surface area contributed by atoms with Crippen molar-refractivity contribution in [1.82, 2.24) is 4.90 Å². The van der Waals surface area contributed by atoms with Crippen molar-refractivity contribution in [2.75, 3.05) is 19.8 Å². The molecular formula is C18H25NO4. The molecule has 1 N–H and O–H groups in total. The maximum absolute atomic E-state index is 12.7. The van der Waals surface area contributed by atoms with Gasteiger partial charge in [0.05, 0.1) is 24.9 Å². The number of amides is 1. The Balaban J connectivity index is 1.66. The molecule has 1 aromatic carbocycles. The van der Waals surface area contributed by atoms with Gasteiger partial charge in [-0.1, -0.05) is 0 Å². The van der Waals surface area contributed by atoms with Gasteiger partial charge in [-0.15, -0.1) is 0 Å². The van der Waals surface area contributed by atoms with Gasteiger partial charge >= 0.3 is 0 Å². The fourth-order valence-electron chi connectivity index (χ4n) is 3.25. The van der Waals surface area contributed by atoms with Crippen LogP contribution in [0.1, 0.15) is 43.5 Å². The first-order valence-corrected chi connectivity index (χ1v) is 8.33. The number of benzene rings is 1. The summed E-state index contributed by atoms with van der Waals surface area (Å²) in [5, 5.41) is 10.0. The highest BCUT2D eigenvalue weighted by Crippen LogP contribution is 2.30. The predicted molar refractivity (Wildman–Crippen MR) is 86.7 cm³/mol. The Bertz CT molecular complexity index is 549. The Hall–Kier alpha value is -1.59. The zero-order chi connectivity index (χ0) is 16.4. The molecule has 2 fully saturated rings. The Morgan fingerprint density at radius 2 is 1.87 bits per heavy atom. The van der Waals surface area contributed by atoms with E-state index in [1.54, 1.807) is 17.0 Å². The van der Waals surface area contributed by atoms with Gasteiger partial charge in [0, 0.05) is 24.9 Å². The summed E-state index contributed by atoms with van der Waals surface area (Å²) < 4.78 is 11.3. The van der Waals surface area contributed by atoms with Crippen molar-refractivity contribution in [3.05, 3.63) is 29.8 Å². The SMILES string of the molecule is CC1(C)C(O)CCN1C(=O)c1ccc(OC2CCOCC2)cc1. The van der Waals surface area contributed by atoms with Gasteiger partial charge in [0.2, 0.25) is 0 Å². The van der Waals surface area contributed by atoms with E-state index in [0.717, 1.165) is 31.8 Å². The quantitative estimate of drug-likeness (QED) is 0.928. The summed E-state index contributed by atoms with van der Waals surface area (Å²) in [5.41, 5.74) is 0.112. The number of ether oxygens (including phenoxy) is 2. The Morgan fingerprint density at radius 3 is 2.43 bits per heavy atom. The first-order chi connectivity index (χ1) is 11.0. The van der Waals surface area contributed by atoms with E-state index in [4.69, 9.17) is 9.47 Å². The van der Waals surface area contributed by atoms with Crippen LogP contribution in [0.25, 0.3) is 0 Å². The van der Waals surface area contributed by atoms with Crippen molar-refractivity contribution >= 4 is 5.91 Å². The minimum atomic E-state index is -0.519. The second-order valence-electron chi connectivity index (χ2n) is 6.87. The molecule has 0 saturated carbocycles. The molecule has 0 spiro atoms. The summed E-state index contributed by atoms with van der Waals surface area (Å²) in [5.74, 6) is 0.748. The van der Waals surface area contributed by atoms with E-state index in [9.17, 15) is 9.90 Å². The zero-order valence-electron chi connectivity index (χ0n) is 13.8. The number of hydrogen-bond donors (Lipinski definition) is 1. The average molecular weight is 319 g/mol. The number of rotatable bonds is 3. The van der Waals surface area contributed by atoms with Crippen molar-refractivity contribution in [3.8, 4) is 5.75 Å². The summed E-state index contributed by atoms with van der Waals surface area (Å²) in [7, 11) is 0. The second kappa shape index (κ2) is 6.49. The van der Waals surface area contributed by atoms with Crippen LogP contribution in [-0.4, -0.2) is 53.4 Å². The van der Waals surface area contributed by atoms with E-state index in [1.807, 2.05) is 26.0 Å². The normalized spacial score (nSPS) is 24.7. The van der Waals surface area contributed by atoms with Crippen molar-refractivity contribution in [3.63, 3.8) is 0 Å². The number of aliphatic hydroxyl groups is 1. The third-order valence-electron chi connectivity index (χ3n) is 4.95. The van der Waals surface area contributed by atoms with Crippen LogP contribution in [0.3, 0.4) is 0 Å². The molecule has 3 rings (SSSR count). The van der Waals surface area contributed by atoms with Crippen LogP contribution in [-0.2, 0) is 4.74 Å². The van der Waals surface area contributed by atoms with E-state index < -0.39 is 11.6 Å². The molecule has 0 bridgehead atoms. The molecule has 0 aromatic heterocycles. The molecule has 5 nitrogen and oxygen atoms in total. The molecule has 1 aromatic rings. The van der Waals surface area contributed by atoms with Crippen LogP contribution < -0.4 is 4.74 Å². The van der Waals surface area contributed by atoms with Crippen molar-refractivity contribution in [2.45, 2.75) is 50.9 Å². The molecule has 2 aliphatic heterocycles. The second-order valence-corrected chi connectivity index (χ2v) is 6.87. The van der Waals surface area contributed by atoms with Gasteiger partial charge in [0.15, 0.2) is 0 Å². The molecular weight excluding hydrogens is 294 g/mol. The molecule has 1 unspecified atom stereocenters. The molecule has 5 heteroatoms. The largest absolute Gasteiger partial charge is 0.490 e. The number of carbonyl (C=O) groups excluding carboxylic acids is 1. The lowest BCUT2D eigenvalue weighted by Gasteiger charge is -2.33. The van der Waals surface area contributed by atoms with Gasteiger partial charge in [-0.2, -0.15) is 0 Å². The fraction of sp³-hybridized carbons (Fsp3) is 0.611. The average Bonchev–Trinajstić information content (AvgIpc) is 2.82. The molecule has 126 valence electrons. The Morgan fingerprint density at radius 1 is 1.22 bits per heavy atom. The third kappa shape index (κ3) is 3.35. The van der Waals surface area contributed by atoms with Gasteiger partial charge < -0.3 is 19.5 Å². The summed E-state index contributed by atoms with van der Waals surface area (Å²) in [6.07, 6.45) is 2.16. The molecule has 0 aliphatic carbocycles. The highest BCUT2D eigenvalue weighted by molar-refractivity contribution is 5.95. The summed E-state index contributed by atoms with van der Waals surface area (Å²) >= 11 is 0. The number of nitrogens with zero attached hydrogens (tertiary/aromatic N) is 1. The van der Waals surface area contributed by atoms with Gasteiger partial charge in [-0.05, 0) is 44.5 Å². The van der Waals surface area contributed by atoms with E-state index in [-0.39, 0.29) is 12.0 Å². The van der Waals surface area contributed by atoms with E-state index in [1.165, 1.54) is 0 Å². The zero-order valence-corrected chi connectivity index (χ0v) is 13.8. The summed E-state index contributed by atoms with van der Waals surface area (Å²) in [6.45, 7) is 5.89. The topological polar surface area (TPSA) is 59.0 Å². The fourth-order valence-corrected chi connectivity index (χ4v) is 3.25. The maximum atomic E-state index is 12.7. The van der Waals surface area contributed by atoms with Crippen molar-refractivity contribution < 1.29 is 19.4 Å². The Labute approximate surface area is 137 Å². The minimum Gasteiger partial charge on any atom is -0.490 e. The molecule has 2 aliphatic rings. The molecule has 1 atom stereocenters. The number of likely N-dealkylation sites (tertiary alicyclic amines) is 1. The highest BCUT2D eigenvalue weighted by Gasteiger charge is 2.43. The van der Waals surface area contributed by atoms with Crippen LogP contribution in [0.2, 0.25) is 0 Å². The highest BCUT2D eigenvalue weighted by atomic mass is 16.5. The smallest absolute Gasteiger partial charge is 0.254 e. The minimum absolute atomic E-state index is 0.0378. The van der Waals surface area contributed by atoms with E-state index >= 15 is 0 Å². The van der Waals surface area contributed by atoms with Gasteiger partial charge in [-0.25, -0.2) is 0 Å². The predicted octanol–water partition coefficient (Wildman–Crippen LogP) is 2.23. The first kappa shape index (κ1) is 16.3. The number of hydrogen-bond acceptors (Lipinski definition) is 4. The molecule has 1 amide bonds. The lowest BCUT2D eigenvalue weighted by molar-refractivity contribution is 0.0255. The number of aliphatic hydroxyl groups excluding tert-OH is 1. The van der Waals surface area contributed by atoms with Gasteiger partial charge in [-0.3, -0.25) is 4.79 Å². The van der Waals surface area contributed by atoms with Gasteiger partial charge in [0.25, 0.3) is 5.91 Å². The first-order valence-electron chi connectivity index (χ1n) is 8.33. The van der Waals surface area contributed by atoms with Crippen molar-refractivity contribution in [2.24, 2.45) is 0 Å². The number of carbonyl (C=O) groups is 1. The monoisotopic (exact) mass is 319 g/mol. The standard InChI is InChI=1S/C18H25NO4/c1-18(2)16(20)7-10-19(18)17(21)13-3-5-14(6-4-13)23-15-8-11-22-12-9-15/h3-6,15-16,20H,7-12H2,1-2H3. The summed E-state index contributed by atoms with van der Waals surface area (Å²) in [6, 6.07) is 7.31. The van der Waals surface area contributed by atoms with Crippen molar-refractivity contribution in [1.29, 1.82) is 0 Å². The third-order valence-corrected chi connectivity index (χ3v) is 4.95. The molecule has 23 heavy (non-hydrogen) atoms. The van der Waals surface area contributed by atoms with Crippen LogP contribution >= 0.6 is 0 Å². The van der Waals surface area contributed by atoms with Crippen LogP contribution in [0, 0.1) is 0 Å². The van der Waals surface area contributed by atoms with Gasteiger partial charge in [0.1, 0.15) is 11.9 Å². The molecule has 0 radical (unpaired) electrons. The van der Waals surface area contributed by atoms with E-state index in [0.29, 0.717) is 18.5 Å². The lowest BCUT2D eigenvalue weighted by Crippen LogP contribution is -2.48.